The predicted octanol–water partition coefficient (Wildman–Crippen LogP) is 5.54. The van der Waals surface area contributed by atoms with Crippen molar-refractivity contribution >= 4 is 31.9 Å². The van der Waals surface area contributed by atoms with E-state index < -0.39 is 0 Å². The summed E-state index contributed by atoms with van der Waals surface area (Å²) in [6.45, 7) is 1.91. The molecule has 0 saturated carbocycles. The molecule has 0 aliphatic heterocycles. The molecule has 0 atom stereocenters. The minimum Gasteiger partial charge on any atom is -0.207 e. The van der Waals surface area contributed by atoms with Crippen LogP contribution in [0.2, 0.25) is 0 Å². The maximum absolute atomic E-state index is 13.3. The maximum atomic E-state index is 13.3. The first-order valence-electron chi connectivity index (χ1n) is 6.64. The standard InChI is InChI=1S/C17H16Br2F2/c1-12-8-16(21)5-2-13(12)9-17(10-18,11-19)14-3-6-15(20)7-4-14/h2-8H,9-11H2,1H3. The van der Waals surface area contributed by atoms with Gasteiger partial charge in [0.05, 0.1) is 0 Å². The van der Waals surface area contributed by atoms with E-state index in [4.69, 9.17) is 0 Å². The summed E-state index contributed by atoms with van der Waals surface area (Å²) in [6, 6.07) is 11.5. The van der Waals surface area contributed by atoms with Crippen molar-refractivity contribution in [1.82, 2.24) is 0 Å². The molecule has 0 nitrogen and oxygen atoms in total. The zero-order chi connectivity index (χ0) is 15.5. The molecule has 0 amide bonds. The minimum atomic E-state index is -0.241. The third-order valence-corrected chi connectivity index (χ3v) is 5.95. The SMILES string of the molecule is Cc1cc(F)ccc1CC(CBr)(CBr)c1ccc(F)cc1. The summed E-state index contributed by atoms with van der Waals surface area (Å²) in [5, 5.41) is 1.46. The van der Waals surface area contributed by atoms with Crippen LogP contribution in [0.3, 0.4) is 0 Å². The summed E-state index contributed by atoms with van der Waals surface area (Å²) in [5.41, 5.74) is 2.89. The van der Waals surface area contributed by atoms with Crippen molar-refractivity contribution in [2.24, 2.45) is 0 Å². The Kier molecular flexibility index (Phi) is 5.55. The number of aryl methyl sites for hydroxylation is 1. The lowest BCUT2D eigenvalue weighted by atomic mass is 9.78. The molecule has 2 aromatic carbocycles. The molecule has 0 aliphatic carbocycles. The van der Waals surface area contributed by atoms with E-state index in [0.29, 0.717) is 0 Å². The largest absolute Gasteiger partial charge is 0.207 e. The average molecular weight is 418 g/mol. The first kappa shape index (κ1) is 16.6. The van der Waals surface area contributed by atoms with Crippen LogP contribution in [0.5, 0.6) is 0 Å². The molecular weight excluding hydrogens is 402 g/mol. The molecule has 0 unspecified atom stereocenters. The van der Waals surface area contributed by atoms with Gasteiger partial charge in [0, 0.05) is 16.1 Å². The second-order valence-corrected chi connectivity index (χ2v) is 6.42. The van der Waals surface area contributed by atoms with Gasteiger partial charge in [-0.05, 0) is 54.3 Å². The van der Waals surface area contributed by atoms with Gasteiger partial charge in [-0.3, -0.25) is 0 Å². The Balaban J connectivity index is 2.40. The van der Waals surface area contributed by atoms with Crippen LogP contribution in [0.15, 0.2) is 42.5 Å². The van der Waals surface area contributed by atoms with E-state index in [0.717, 1.165) is 33.8 Å². The van der Waals surface area contributed by atoms with Gasteiger partial charge in [0.15, 0.2) is 0 Å². The molecule has 0 aliphatic rings. The van der Waals surface area contributed by atoms with Crippen LogP contribution in [-0.4, -0.2) is 10.7 Å². The first-order valence-corrected chi connectivity index (χ1v) is 8.88. The highest BCUT2D eigenvalue weighted by molar-refractivity contribution is 9.09. The average Bonchev–Trinajstić information content (AvgIpc) is 2.48. The number of alkyl halides is 2. The third-order valence-electron chi connectivity index (χ3n) is 3.80. The summed E-state index contributed by atoms with van der Waals surface area (Å²) in [4.78, 5) is 0. The van der Waals surface area contributed by atoms with E-state index in [2.05, 4.69) is 31.9 Å². The van der Waals surface area contributed by atoms with Gasteiger partial charge in [-0.2, -0.15) is 0 Å². The topological polar surface area (TPSA) is 0 Å². The van der Waals surface area contributed by atoms with Crippen molar-refractivity contribution in [3.8, 4) is 0 Å². The van der Waals surface area contributed by atoms with Gasteiger partial charge in [-0.15, -0.1) is 0 Å². The number of hydrogen-bond acceptors (Lipinski definition) is 0. The molecule has 0 heterocycles. The molecule has 0 saturated heterocycles. The first-order chi connectivity index (χ1) is 10.0. The molecule has 0 fully saturated rings. The zero-order valence-corrected chi connectivity index (χ0v) is 14.8. The van der Waals surface area contributed by atoms with Crippen LogP contribution in [0.4, 0.5) is 8.78 Å². The highest BCUT2D eigenvalue weighted by Crippen LogP contribution is 2.34. The van der Waals surface area contributed by atoms with Gasteiger partial charge in [0.25, 0.3) is 0 Å². The van der Waals surface area contributed by atoms with Crippen molar-refractivity contribution in [2.75, 3.05) is 10.7 Å². The van der Waals surface area contributed by atoms with Crippen LogP contribution in [-0.2, 0) is 11.8 Å². The van der Waals surface area contributed by atoms with Crippen molar-refractivity contribution in [2.45, 2.75) is 18.8 Å². The summed E-state index contributed by atoms with van der Waals surface area (Å²) in [7, 11) is 0. The van der Waals surface area contributed by atoms with Crippen LogP contribution in [0, 0.1) is 18.6 Å². The Morgan fingerprint density at radius 1 is 0.905 bits per heavy atom. The lowest BCUT2D eigenvalue weighted by Crippen LogP contribution is -2.33. The van der Waals surface area contributed by atoms with Gasteiger partial charge in [-0.25, -0.2) is 8.78 Å². The van der Waals surface area contributed by atoms with Crippen LogP contribution in [0.25, 0.3) is 0 Å². The number of halogens is 4. The fourth-order valence-electron chi connectivity index (χ4n) is 2.41. The van der Waals surface area contributed by atoms with Crippen molar-refractivity contribution < 1.29 is 8.78 Å². The highest BCUT2D eigenvalue weighted by atomic mass is 79.9. The van der Waals surface area contributed by atoms with E-state index >= 15 is 0 Å². The Morgan fingerprint density at radius 2 is 1.48 bits per heavy atom. The summed E-state index contributed by atoms with van der Waals surface area (Å²) < 4.78 is 26.4. The number of benzene rings is 2. The van der Waals surface area contributed by atoms with Crippen molar-refractivity contribution in [3.05, 3.63) is 70.8 Å². The highest BCUT2D eigenvalue weighted by Gasteiger charge is 2.31. The molecule has 21 heavy (non-hydrogen) atoms. The Bertz CT molecular complexity index is 605. The Morgan fingerprint density at radius 3 is 2.00 bits per heavy atom. The molecule has 2 rings (SSSR count). The molecule has 4 heteroatoms. The molecule has 0 radical (unpaired) electrons. The van der Waals surface area contributed by atoms with Crippen LogP contribution < -0.4 is 0 Å². The van der Waals surface area contributed by atoms with E-state index in [1.54, 1.807) is 6.07 Å². The van der Waals surface area contributed by atoms with Crippen LogP contribution >= 0.6 is 31.9 Å². The summed E-state index contributed by atoms with van der Waals surface area (Å²) in [6.07, 6.45) is 0.751. The number of rotatable bonds is 5. The minimum absolute atomic E-state index is 0.198. The van der Waals surface area contributed by atoms with Gasteiger partial charge in [0.1, 0.15) is 11.6 Å². The van der Waals surface area contributed by atoms with Crippen LogP contribution in [0.1, 0.15) is 16.7 Å². The lowest BCUT2D eigenvalue weighted by Gasteiger charge is -2.31. The molecule has 0 spiro atoms. The third kappa shape index (κ3) is 3.72. The maximum Gasteiger partial charge on any atom is 0.123 e. The van der Waals surface area contributed by atoms with Gasteiger partial charge >= 0.3 is 0 Å². The predicted molar refractivity (Wildman–Crippen MR) is 90.5 cm³/mol. The molecular formula is C17H16Br2F2. The Labute approximate surface area is 140 Å². The smallest absolute Gasteiger partial charge is 0.123 e. The van der Waals surface area contributed by atoms with E-state index in [-0.39, 0.29) is 17.0 Å². The zero-order valence-electron chi connectivity index (χ0n) is 11.7. The van der Waals surface area contributed by atoms with Crippen molar-refractivity contribution in [3.63, 3.8) is 0 Å². The normalized spacial score (nSPS) is 11.7. The fourth-order valence-corrected chi connectivity index (χ4v) is 4.38. The Hall–Kier alpha value is -0.740. The monoisotopic (exact) mass is 416 g/mol. The second kappa shape index (κ2) is 7.01. The molecule has 112 valence electrons. The van der Waals surface area contributed by atoms with Gasteiger partial charge in [0.2, 0.25) is 0 Å². The molecule has 2 aromatic rings. The molecule has 0 bridgehead atoms. The molecule has 0 aromatic heterocycles. The number of hydrogen-bond donors (Lipinski definition) is 0. The van der Waals surface area contributed by atoms with E-state index in [1.165, 1.54) is 18.2 Å². The van der Waals surface area contributed by atoms with Gasteiger partial charge in [-0.1, -0.05) is 50.1 Å². The van der Waals surface area contributed by atoms with Crippen molar-refractivity contribution in [1.29, 1.82) is 0 Å². The summed E-state index contributed by atoms with van der Waals surface area (Å²) >= 11 is 7.17. The summed E-state index contributed by atoms with van der Waals surface area (Å²) in [5.74, 6) is -0.462. The lowest BCUT2D eigenvalue weighted by molar-refractivity contribution is 0.544. The van der Waals surface area contributed by atoms with Gasteiger partial charge < -0.3 is 0 Å². The molecule has 0 N–H and O–H groups in total. The van der Waals surface area contributed by atoms with E-state index in [9.17, 15) is 8.78 Å². The quantitative estimate of drug-likeness (QED) is 0.560. The fraction of sp³-hybridized carbons (Fsp3) is 0.294. The second-order valence-electron chi connectivity index (χ2n) is 5.30. The van der Waals surface area contributed by atoms with E-state index in [1.807, 2.05) is 25.1 Å².